The summed E-state index contributed by atoms with van der Waals surface area (Å²) < 4.78 is 23.8. The van der Waals surface area contributed by atoms with Gasteiger partial charge < -0.3 is 9.15 Å². The van der Waals surface area contributed by atoms with Crippen LogP contribution >= 0.6 is 23.4 Å². The molecular weight excluding hydrogens is 367 g/mol. The zero-order valence-electron chi connectivity index (χ0n) is 12.9. The highest BCUT2D eigenvalue weighted by molar-refractivity contribution is 7.99. The minimum atomic E-state index is -0.321. The van der Waals surface area contributed by atoms with Gasteiger partial charge in [-0.3, -0.25) is 0 Å². The van der Waals surface area contributed by atoms with Crippen LogP contribution in [0.25, 0.3) is 0 Å². The first-order valence-corrected chi connectivity index (χ1v) is 8.78. The van der Waals surface area contributed by atoms with E-state index in [1.165, 1.54) is 36.0 Å². The van der Waals surface area contributed by atoms with Crippen LogP contribution in [0.1, 0.15) is 30.5 Å². The molecule has 0 N–H and O–H groups in total. The number of nitrogens with zero attached hydrogens (tertiary/aromatic N) is 4. The van der Waals surface area contributed by atoms with Gasteiger partial charge in [0.1, 0.15) is 27.6 Å². The molecule has 1 aliphatic rings. The number of hydrogen-bond donors (Lipinski definition) is 0. The summed E-state index contributed by atoms with van der Waals surface area (Å²) in [5, 5.41) is 9.29. The second-order valence-corrected chi connectivity index (χ2v) is 6.83. The molecule has 0 amide bonds. The van der Waals surface area contributed by atoms with Crippen molar-refractivity contribution in [2.75, 3.05) is 0 Å². The predicted molar refractivity (Wildman–Crippen MR) is 88.2 cm³/mol. The monoisotopic (exact) mass is 378 g/mol. The Morgan fingerprint density at radius 3 is 2.76 bits per heavy atom. The maximum absolute atomic E-state index is 12.9. The molecule has 0 atom stereocenters. The van der Waals surface area contributed by atoms with E-state index in [1.54, 1.807) is 6.07 Å². The van der Waals surface area contributed by atoms with Gasteiger partial charge in [0, 0.05) is 12.0 Å². The molecule has 3 aromatic rings. The van der Waals surface area contributed by atoms with Crippen molar-refractivity contribution in [1.82, 2.24) is 20.2 Å². The van der Waals surface area contributed by atoms with Crippen LogP contribution in [0, 0.1) is 5.82 Å². The van der Waals surface area contributed by atoms with Crippen molar-refractivity contribution in [3.8, 4) is 5.75 Å². The Labute approximate surface area is 151 Å². The molecule has 2 heterocycles. The van der Waals surface area contributed by atoms with Crippen LogP contribution in [0.5, 0.6) is 5.75 Å². The van der Waals surface area contributed by atoms with E-state index in [0.29, 0.717) is 33.0 Å². The third kappa shape index (κ3) is 4.26. The molecule has 25 heavy (non-hydrogen) atoms. The van der Waals surface area contributed by atoms with Crippen LogP contribution < -0.4 is 4.74 Å². The summed E-state index contributed by atoms with van der Waals surface area (Å²) in [7, 11) is 0. The molecule has 128 valence electrons. The normalized spacial score (nSPS) is 13.8. The zero-order chi connectivity index (χ0) is 17.2. The summed E-state index contributed by atoms with van der Waals surface area (Å²) in [4.78, 5) is 8.71. The topological polar surface area (TPSA) is 73.9 Å². The third-order valence-electron chi connectivity index (χ3n) is 3.45. The van der Waals surface area contributed by atoms with Crippen LogP contribution in [-0.2, 0) is 6.61 Å². The van der Waals surface area contributed by atoms with E-state index in [2.05, 4.69) is 20.2 Å². The Bertz CT molecular complexity index is 886. The molecule has 4 rings (SSSR count). The lowest BCUT2D eigenvalue weighted by Gasteiger charge is -2.02. The lowest BCUT2D eigenvalue weighted by Crippen LogP contribution is -1.95. The van der Waals surface area contributed by atoms with Crippen LogP contribution in [0.2, 0.25) is 5.15 Å². The average Bonchev–Trinajstić information content (AvgIpc) is 3.35. The molecule has 0 radical (unpaired) electrons. The minimum absolute atomic E-state index is 0.0943. The highest BCUT2D eigenvalue weighted by atomic mass is 35.5. The van der Waals surface area contributed by atoms with Gasteiger partial charge in [0.2, 0.25) is 0 Å². The zero-order valence-corrected chi connectivity index (χ0v) is 14.4. The van der Waals surface area contributed by atoms with Crippen molar-refractivity contribution < 1.29 is 13.5 Å². The molecule has 1 fully saturated rings. The van der Waals surface area contributed by atoms with E-state index >= 15 is 0 Å². The quantitative estimate of drug-likeness (QED) is 0.593. The van der Waals surface area contributed by atoms with Gasteiger partial charge in [-0.1, -0.05) is 11.6 Å². The Morgan fingerprint density at radius 1 is 1.20 bits per heavy atom. The molecule has 0 unspecified atom stereocenters. The van der Waals surface area contributed by atoms with E-state index in [-0.39, 0.29) is 12.4 Å². The van der Waals surface area contributed by atoms with Crippen molar-refractivity contribution in [3.05, 3.63) is 53.0 Å². The number of hydrogen-bond acceptors (Lipinski definition) is 7. The molecule has 1 aromatic carbocycles. The van der Waals surface area contributed by atoms with E-state index < -0.39 is 0 Å². The number of ether oxygens (including phenoxy) is 1. The molecule has 6 nitrogen and oxygen atoms in total. The summed E-state index contributed by atoms with van der Waals surface area (Å²) in [5.41, 5.74) is 0. The van der Waals surface area contributed by atoms with E-state index in [1.807, 2.05) is 0 Å². The molecule has 9 heteroatoms. The first-order valence-electron chi connectivity index (χ1n) is 7.59. The van der Waals surface area contributed by atoms with E-state index in [0.717, 1.165) is 18.7 Å². The molecule has 2 aromatic heterocycles. The van der Waals surface area contributed by atoms with Crippen molar-refractivity contribution in [2.45, 2.75) is 35.6 Å². The highest BCUT2D eigenvalue weighted by Gasteiger charge is 2.27. The van der Waals surface area contributed by atoms with Gasteiger partial charge >= 0.3 is 0 Å². The van der Waals surface area contributed by atoms with Crippen LogP contribution in [-0.4, -0.2) is 20.2 Å². The molecule has 0 aliphatic heterocycles. The largest absolute Gasteiger partial charge is 0.484 e. The molecule has 1 saturated carbocycles. The molecular formula is C16H12ClFN4O2S. The Hall–Kier alpha value is -2.19. The lowest BCUT2D eigenvalue weighted by molar-refractivity contribution is 0.252. The molecule has 1 aliphatic carbocycles. The Morgan fingerprint density at radius 2 is 2.00 bits per heavy atom. The van der Waals surface area contributed by atoms with Crippen LogP contribution in [0.3, 0.4) is 0 Å². The first-order chi connectivity index (χ1) is 12.2. The van der Waals surface area contributed by atoms with Crippen molar-refractivity contribution in [2.24, 2.45) is 0 Å². The summed E-state index contributed by atoms with van der Waals surface area (Å²) in [6, 6.07) is 7.37. The minimum Gasteiger partial charge on any atom is -0.484 e. The fraction of sp³-hybridized carbons (Fsp3) is 0.250. The SMILES string of the molecule is Fc1ccc(OCc2nnc(Sc3cc(Cl)nc(C4CC4)n3)o2)cc1. The smallest absolute Gasteiger partial charge is 0.283 e. The van der Waals surface area contributed by atoms with Crippen LogP contribution in [0.15, 0.2) is 45.0 Å². The van der Waals surface area contributed by atoms with Gasteiger partial charge in [-0.2, -0.15) is 0 Å². The number of benzene rings is 1. The summed E-state index contributed by atoms with van der Waals surface area (Å²) in [6.07, 6.45) is 2.19. The number of halogens is 2. The fourth-order valence-corrected chi connectivity index (χ4v) is 3.06. The maximum Gasteiger partial charge on any atom is 0.283 e. The van der Waals surface area contributed by atoms with Crippen molar-refractivity contribution in [3.63, 3.8) is 0 Å². The van der Waals surface area contributed by atoms with E-state index in [9.17, 15) is 4.39 Å². The Balaban J connectivity index is 1.40. The maximum atomic E-state index is 12.9. The van der Waals surface area contributed by atoms with Gasteiger partial charge in [0.15, 0.2) is 6.61 Å². The second kappa shape index (κ2) is 6.97. The van der Waals surface area contributed by atoms with Crippen molar-refractivity contribution >= 4 is 23.4 Å². The molecule has 0 spiro atoms. The lowest BCUT2D eigenvalue weighted by atomic mass is 10.3. The summed E-state index contributed by atoms with van der Waals surface area (Å²) in [5.74, 6) is 1.67. The predicted octanol–water partition coefficient (Wildman–Crippen LogP) is 4.26. The van der Waals surface area contributed by atoms with Gasteiger partial charge in [-0.15, -0.1) is 10.2 Å². The second-order valence-electron chi connectivity index (χ2n) is 5.47. The number of rotatable bonds is 6. The number of aromatic nitrogens is 4. The van der Waals surface area contributed by atoms with Crippen LogP contribution in [0.4, 0.5) is 4.39 Å². The average molecular weight is 379 g/mol. The van der Waals surface area contributed by atoms with Crippen molar-refractivity contribution in [1.29, 1.82) is 0 Å². The summed E-state index contributed by atoms with van der Waals surface area (Å²) >= 11 is 7.27. The molecule has 0 saturated heterocycles. The van der Waals surface area contributed by atoms with Gasteiger partial charge in [-0.05, 0) is 48.9 Å². The van der Waals surface area contributed by atoms with E-state index in [4.69, 9.17) is 20.8 Å². The third-order valence-corrected chi connectivity index (χ3v) is 4.40. The fourth-order valence-electron chi connectivity index (χ4n) is 2.09. The standard InChI is InChI=1S/C16H12ClFN4O2S/c17-12-7-14(20-15(19-12)9-1-2-9)25-16-22-21-13(24-16)8-23-11-5-3-10(18)4-6-11/h3-7,9H,1-2,8H2. The van der Waals surface area contributed by atoms with Gasteiger partial charge in [0.05, 0.1) is 0 Å². The summed E-state index contributed by atoms with van der Waals surface area (Å²) in [6.45, 7) is 0.0943. The Kier molecular flexibility index (Phi) is 4.54. The van der Waals surface area contributed by atoms with Gasteiger partial charge in [-0.25, -0.2) is 14.4 Å². The molecule has 0 bridgehead atoms. The first kappa shape index (κ1) is 16.3. The van der Waals surface area contributed by atoms with Gasteiger partial charge in [0.25, 0.3) is 11.1 Å². The highest BCUT2D eigenvalue weighted by Crippen LogP contribution is 2.39.